The summed E-state index contributed by atoms with van der Waals surface area (Å²) >= 11 is 0. The summed E-state index contributed by atoms with van der Waals surface area (Å²) in [7, 11) is 1.88. The topological polar surface area (TPSA) is 38.1 Å². The molecule has 0 unspecified atom stereocenters. The van der Waals surface area contributed by atoms with E-state index in [0.717, 1.165) is 17.7 Å². The van der Waals surface area contributed by atoms with Gasteiger partial charge in [-0.3, -0.25) is 4.68 Å². The maximum absolute atomic E-state index is 9.47. The van der Waals surface area contributed by atoms with Crippen LogP contribution in [0, 0.1) is 6.92 Å². The van der Waals surface area contributed by atoms with Crippen LogP contribution in [-0.4, -0.2) is 14.9 Å². The van der Waals surface area contributed by atoms with E-state index in [2.05, 4.69) is 5.10 Å². The Bertz CT molecular complexity index is 242. The molecule has 0 aliphatic rings. The van der Waals surface area contributed by atoms with Crippen molar-refractivity contribution in [1.29, 1.82) is 0 Å². The van der Waals surface area contributed by atoms with Crippen LogP contribution in [0.4, 0.5) is 0 Å². The fourth-order valence-corrected chi connectivity index (χ4v) is 1.06. The minimum absolute atomic E-state index is 0.358. The molecule has 1 aromatic heterocycles. The van der Waals surface area contributed by atoms with E-state index in [-0.39, 0.29) is 6.10 Å². The van der Waals surface area contributed by atoms with E-state index in [1.165, 1.54) is 0 Å². The van der Waals surface area contributed by atoms with Crippen LogP contribution in [0.1, 0.15) is 30.7 Å². The van der Waals surface area contributed by atoms with Crippen LogP contribution in [0.5, 0.6) is 0 Å². The first-order valence-corrected chi connectivity index (χ1v) is 3.83. The van der Waals surface area contributed by atoms with Gasteiger partial charge in [-0.15, -0.1) is 0 Å². The summed E-state index contributed by atoms with van der Waals surface area (Å²) in [5, 5.41) is 13.5. The zero-order valence-electron chi connectivity index (χ0n) is 7.20. The molecule has 0 fully saturated rings. The van der Waals surface area contributed by atoms with Crippen molar-refractivity contribution in [2.75, 3.05) is 0 Å². The molecule has 1 N–H and O–H groups in total. The average molecular weight is 154 g/mol. The molecular weight excluding hydrogens is 140 g/mol. The number of hydrogen-bond acceptors (Lipinski definition) is 2. The van der Waals surface area contributed by atoms with Gasteiger partial charge in [0.1, 0.15) is 0 Å². The molecule has 62 valence electrons. The highest BCUT2D eigenvalue weighted by Crippen LogP contribution is 2.18. The van der Waals surface area contributed by atoms with Gasteiger partial charge >= 0.3 is 0 Å². The Kier molecular flexibility index (Phi) is 2.29. The molecule has 0 aromatic carbocycles. The van der Waals surface area contributed by atoms with E-state index in [1.54, 1.807) is 10.9 Å². The highest BCUT2D eigenvalue weighted by atomic mass is 16.3. The largest absolute Gasteiger partial charge is 0.388 e. The first-order valence-electron chi connectivity index (χ1n) is 3.83. The molecule has 3 nitrogen and oxygen atoms in total. The maximum Gasteiger partial charge on any atom is 0.0820 e. The lowest BCUT2D eigenvalue weighted by atomic mass is 10.1. The number of rotatable bonds is 2. The summed E-state index contributed by atoms with van der Waals surface area (Å²) in [6, 6.07) is 0. The molecule has 0 amide bonds. The summed E-state index contributed by atoms with van der Waals surface area (Å²) in [5.41, 5.74) is 1.98. The zero-order valence-corrected chi connectivity index (χ0v) is 7.20. The number of aryl methyl sites for hydroxylation is 1. The maximum atomic E-state index is 9.47. The fourth-order valence-electron chi connectivity index (χ4n) is 1.06. The third kappa shape index (κ3) is 1.43. The molecule has 0 radical (unpaired) electrons. The first kappa shape index (κ1) is 8.27. The van der Waals surface area contributed by atoms with Crippen LogP contribution in [0.2, 0.25) is 0 Å². The van der Waals surface area contributed by atoms with Crippen LogP contribution < -0.4 is 0 Å². The lowest BCUT2D eigenvalue weighted by Gasteiger charge is -2.05. The standard InChI is InChI=1S/C8H14N2O/c1-4-8(11)7-5-9-10(3)6(7)2/h5,8,11H,4H2,1-3H3/t8-/m1/s1. The lowest BCUT2D eigenvalue weighted by molar-refractivity contribution is 0.173. The minimum Gasteiger partial charge on any atom is -0.388 e. The zero-order chi connectivity index (χ0) is 8.43. The van der Waals surface area contributed by atoms with E-state index >= 15 is 0 Å². The number of aliphatic hydroxyl groups is 1. The Morgan fingerprint density at radius 1 is 1.73 bits per heavy atom. The second kappa shape index (κ2) is 3.05. The Balaban J connectivity index is 2.94. The van der Waals surface area contributed by atoms with Crippen molar-refractivity contribution in [3.63, 3.8) is 0 Å². The first-order chi connectivity index (χ1) is 5.16. The molecule has 1 aromatic rings. The highest BCUT2D eigenvalue weighted by molar-refractivity contribution is 5.18. The predicted molar refractivity (Wildman–Crippen MR) is 43.2 cm³/mol. The third-order valence-electron chi connectivity index (χ3n) is 2.02. The van der Waals surface area contributed by atoms with Gasteiger partial charge in [0.25, 0.3) is 0 Å². The van der Waals surface area contributed by atoms with Gasteiger partial charge < -0.3 is 5.11 Å². The predicted octanol–water partition coefficient (Wildman–Crippen LogP) is 1.17. The van der Waals surface area contributed by atoms with E-state index in [1.807, 2.05) is 20.9 Å². The summed E-state index contributed by atoms with van der Waals surface area (Å²) in [6.45, 7) is 3.92. The molecule has 0 aliphatic heterocycles. The van der Waals surface area contributed by atoms with Crippen LogP contribution in [0.3, 0.4) is 0 Å². The van der Waals surface area contributed by atoms with E-state index < -0.39 is 0 Å². The molecule has 0 bridgehead atoms. The van der Waals surface area contributed by atoms with Gasteiger partial charge in [0, 0.05) is 18.3 Å². The van der Waals surface area contributed by atoms with Crippen LogP contribution >= 0.6 is 0 Å². The fraction of sp³-hybridized carbons (Fsp3) is 0.625. The summed E-state index contributed by atoms with van der Waals surface area (Å²) < 4.78 is 1.77. The molecule has 11 heavy (non-hydrogen) atoms. The Morgan fingerprint density at radius 3 is 2.73 bits per heavy atom. The van der Waals surface area contributed by atoms with Crippen molar-refractivity contribution in [3.05, 3.63) is 17.5 Å². The van der Waals surface area contributed by atoms with Crippen molar-refractivity contribution in [1.82, 2.24) is 9.78 Å². The van der Waals surface area contributed by atoms with E-state index in [0.29, 0.717) is 0 Å². The molecule has 0 saturated heterocycles. The summed E-state index contributed by atoms with van der Waals surface area (Å²) in [6.07, 6.45) is 2.11. The van der Waals surface area contributed by atoms with Gasteiger partial charge in [0.2, 0.25) is 0 Å². The molecule has 3 heteroatoms. The monoisotopic (exact) mass is 154 g/mol. The molecule has 1 atom stereocenters. The lowest BCUT2D eigenvalue weighted by Crippen LogP contribution is -1.98. The second-order valence-corrected chi connectivity index (χ2v) is 2.73. The van der Waals surface area contributed by atoms with Crippen molar-refractivity contribution in [2.45, 2.75) is 26.4 Å². The van der Waals surface area contributed by atoms with Crippen LogP contribution in [0.15, 0.2) is 6.20 Å². The summed E-state index contributed by atoms with van der Waals surface area (Å²) in [5.74, 6) is 0. The van der Waals surface area contributed by atoms with Gasteiger partial charge in [0.05, 0.1) is 12.3 Å². The minimum atomic E-state index is -0.358. The quantitative estimate of drug-likeness (QED) is 0.694. The van der Waals surface area contributed by atoms with Crippen molar-refractivity contribution in [2.24, 2.45) is 7.05 Å². The van der Waals surface area contributed by atoms with Crippen LogP contribution in [0.25, 0.3) is 0 Å². The highest BCUT2D eigenvalue weighted by Gasteiger charge is 2.10. The Morgan fingerprint density at radius 2 is 2.36 bits per heavy atom. The molecule has 1 heterocycles. The second-order valence-electron chi connectivity index (χ2n) is 2.73. The third-order valence-corrected chi connectivity index (χ3v) is 2.02. The van der Waals surface area contributed by atoms with Gasteiger partial charge in [0.15, 0.2) is 0 Å². The Labute approximate surface area is 66.7 Å². The molecule has 0 spiro atoms. The van der Waals surface area contributed by atoms with E-state index in [4.69, 9.17) is 0 Å². The van der Waals surface area contributed by atoms with Gasteiger partial charge in [-0.1, -0.05) is 6.92 Å². The van der Waals surface area contributed by atoms with Crippen molar-refractivity contribution < 1.29 is 5.11 Å². The van der Waals surface area contributed by atoms with Gasteiger partial charge in [-0.05, 0) is 13.3 Å². The Hall–Kier alpha value is -0.830. The number of hydrogen-bond donors (Lipinski definition) is 1. The SMILES string of the molecule is CC[C@@H](O)c1cnn(C)c1C. The van der Waals surface area contributed by atoms with Crippen molar-refractivity contribution in [3.8, 4) is 0 Å². The van der Waals surface area contributed by atoms with E-state index in [9.17, 15) is 5.11 Å². The number of nitrogens with zero attached hydrogens (tertiary/aromatic N) is 2. The number of aliphatic hydroxyl groups excluding tert-OH is 1. The molecule has 0 aliphatic carbocycles. The van der Waals surface area contributed by atoms with Gasteiger partial charge in [-0.25, -0.2) is 0 Å². The van der Waals surface area contributed by atoms with Crippen LogP contribution in [-0.2, 0) is 7.05 Å². The average Bonchev–Trinajstić information content (AvgIpc) is 2.32. The molecule has 0 saturated carbocycles. The molecule has 1 rings (SSSR count). The van der Waals surface area contributed by atoms with Crippen molar-refractivity contribution >= 4 is 0 Å². The molecular formula is C8H14N2O. The number of aromatic nitrogens is 2. The van der Waals surface area contributed by atoms with Gasteiger partial charge in [-0.2, -0.15) is 5.10 Å². The smallest absolute Gasteiger partial charge is 0.0820 e. The normalized spacial score (nSPS) is 13.5. The summed E-state index contributed by atoms with van der Waals surface area (Å²) in [4.78, 5) is 0.